The molecule has 43 heavy (non-hydrogen) atoms. The van der Waals surface area contributed by atoms with Crippen LogP contribution in [0, 0.1) is 11.8 Å². The molecule has 1 saturated carbocycles. The van der Waals surface area contributed by atoms with Crippen molar-refractivity contribution in [2.24, 2.45) is 11.8 Å². The number of ether oxygens (including phenoxy) is 2. The molecule has 6 rings (SSSR count). The van der Waals surface area contributed by atoms with Crippen molar-refractivity contribution in [1.82, 2.24) is 4.72 Å². The number of methoxy groups -OCH3 is 1. The standard InChI is InChI=1S/C34H45ClN2O5S/c1-3-27-8-4-5-16-34(21-38,41-2)29-12-9-25(29)19-37-20-33(15-6-7-23-17-26(35)11-13-28(23)33)22-42-31-14-10-24(18-30(31)37)32(39)36-43(27)40/h10-11,13-14,17-18,25,27,29,38H,3-9,12,15-16,19-22H2,1-2H3,(H,36,39)/t25?,27?,29?,33-,34+,43?/m0/s1. The first-order valence-electron chi connectivity index (χ1n) is 16.0. The van der Waals surface area contributed by atoms with Crippen molar-refractivity contribution in [2.75, 3.05) is 38.3 Å². The summed E-state index contributed by atoms with van der Waals surface area (Å²) in [4.78, 5) is 15.8. The van der Waals surface area contributed by atoms with E-state index in [1.807, 2.05) is 25.1 Å². The first-order chi connectivity index (χ1) is 20.8. The molecule has 1 spiro atoms. The minimum atomic E-state index is -1.49. The predicted molar refractivity (Wildman–Crippen MR) is 171 cm³/mol. The van der Waals surface area contributed by atoms with Gasteiger partial charge in [-0.05, 0) is 105 Å². The lowest BCUT2D eigenvalue weighted by atomic mass is 9.63. The zero-order valence-electron chi connectivity index (χ0n) is 25.4. The largest absolute Gasteiger partial charge is 0.490 e. The van der Waals surface area contributed by atoms with Crippen molar-refractivity contribution in [3.8, 4) is 5.75 Å². The van der Waals surface area contributed by atoms with Crippen molar-refractivity contribution in [2.45, 2.75) is 87.4 Å². The van der Waals surface area contributed by atoms with Crippen molar-refractivity contribution < 1.29 is 23.6 Å². The molecule has 4 unspecified atom stereocenters. The van der Waals surface area contributed by atoms with Gasteiger partial charge in [-0.25, -0.2) is 4.21 Å². The normalized spacial score (nSPS) is 32.9. The number of halogens is 1. The van der Waals surface area contributed by atoms with Gasteiger partial charge >= 0.3 is 0 Å². The van der Waals surface area contributed by atoms with Crippen LogP contribution in [0.25, 0.3) is 0 Å². The molecule has 0 radical (unpaired) electrons. The fourth-order valence-electron chi connectivity index (χ4n) is 8.21. The number of amides is 1. The molecule has 1 amide bonds. The fraction of sp³-hybridized carbons (Fsp3) is 0.618. The van der Waals surface area contributed by atoms with E-state index in [2.05, 4.69) is 21.8 Å². The maximum atomic E-state index is 13.4. The van der Waals surface area contributed by atoms with E-state index >= 15 is 0 Å². The van der Waals surface area contributed by atoms with Crippen LogP contribution in [0.5, 0.6) is 5.75 Å². The van der Waals surface area contributed by atoms with Gasteiger partial charge in [-0.15, -0.1) is 0 Å². The van der Waals surface area contributed by atoms with Gasteiger partial charge in [0.25, 0.3) is 5.91 Å². The first kappa shape index (κ1) is 30.9. The number of hydrogen-bond acceptors (Lipinski definition) is 6. The van der Waals surface area contributed by atoms with Gasteiger partial charge in [0.05, 0.1) is 29.8 Å². The van der Waals surface area contributed by atoms with Crippen molar-refractivity contribution >= 4 is 34.2 Å². The van der Waals surface area contributed by atoms with Gasteiger partial charge in [-0.2, -0.15) is 0 Å². The van der Waals surface area contributed by atoms with Crippen molar-refractivity contribution in [3.63, 3.8) is 0 Å². The topological polar surface area (TPSA) is 88.1 Å². The number of carbonyl (C=O) groups excluding carboxylic acids is 1. The van der Waals surface area contributed by atoms with E-state index in [4.69, 9.17) is 21.1 Å². The highest BCUT2D eigenvalue weighted by atomic mass is 35.5. The van der Waals surface area contributed by atoms with E-state index in [9.17, 15) is 14.1 Å². The highest BCUT2D eigenvalue weighted by molar-refractivity contribution is 7.84. The lowest BCUT2D eigenvalue weighted by Crippen LogP contribution is -2.55. The molecule has 7 nitrogen and oxygen atoms in total. The second-order valence-electron chi connectivity index (χ2n) is 13.2. The van der Waals surface area contributed by atoms with Crippen LogP contribution in [0.4, 0.5) is 5.69 Å². The number of nitrogens with zero attached hydrogens (tertiary/aromatic N) is 1. The Bertz CT molecular complexity index is 1370. The van der Waals surface area contributed by atoms with Crippen LogP contribution < -0.4 is 14.4 Å². The van der Waals surface area contributed by atoms with Crippen LogP contribution in [-0.4, -0.2) is 59.5 Å². The second kappa shape index (κ2) is 12.7. The Labute approximate surface area is 263 Å². The lowest BCUT2D eigenvalue weighted by molar-refractivity contribution is -0.141. The number of aliphatic hydroxyl groups excluding tert-OH is 1. The Hall–Kier alpha value is -2.13. The number of anilines is 1. The number of aryl methyl sites for hydroxylation is 1. The maximum absolute atomic E-state index is 13.4. The Morgan fingerprint density at radius 3 is 2.74 bits per heavy atom. The smallest absolute Gasteiger partial charge is 0.263 e. The number of benzene rings is 2. The molecule has 6 atom stereocenters. The van der Waals surface area contributed by atoms with E-state index in [1.54, 1.807) is 13.2 Å². The summed E-state index contributed by atoms with van der Waals surface area (Å²) in [5.74, 6) is 1.02. The summed E-state index contributed by atoms with van der Waals surface area (Å²) in [5.41, 5.74) is 3.16. The van der Waals surface area contributed by atoms with Gasteiger partial charge in [-0.1, -0.05) is 37.4 Å². The highest BCUT2D eigenvalue weighted by Crippen LogP contribution is 2.49. The lowest BCUT2D eigenvalue weighted by Gasteiger charge is -2.51. The molecule has 0 saturated heterocycles. The van der Waals surface area contributed by atoms with Crippen molar-refractivity contribution in [3.05, 3.63) is 58.1 Å². The van der Waals surface area contributed by atoms with Crippen LogP contribution in [0.2, 0.25) is 5.02 Å². The Kier molecular flexibility index (Phi) is 9.12. The number of hydrogen-bond donors (Lipinski definition) is 2. The first-order valence-corrected chi connectivity index (χ1v) is 17.6. The number of fused-ring (bicyclic) bond motifs is 4. The van der Waals surface area contributed by atoms with Crippen molar-refractivity contribution in [1.29, 1.82) is 0 Å². The second-order valence-corrected chi connectivity index (χ2v) is 15.1. The molecule has 4 aliphatic rings. The SMILES string of the molecule is CCC1CCCC[C@](CO)(OC)C2CCC2CN2C[C@@]3(CCCc4cc(Cl)ccc43)COc3ccc(cc32)C(=O)NS1=O. The molecule has 2 aliphatic carbocycles. The van der Waals surface area contributed by atoms with Gasteiger partial charge in [0, 0.05) is 36.2 Å². The summed E-state index contributed by atoms with van der Waals surface area (Å²) in [6.45, 7) is 4.10. The molecule has 2 aromatic rings. The number of rotatable bonds is 3. The molecule has 2 bridgehead atoms. The molecule has 2 aliphatic heterocycles. The Morgan fingerprint density at radius 2 is 2.00 bits per heavy atom. The van der Waals surface area contributed by atoms with Gasteiger partial charge in [0.1, 0.15) is 16.7 Å². The third-order valence-corrected chi connectivity index (χ3v) is 12.6. The zero-order chi connectivity index (χ0) is 30.2. The molecule has 2 N–H and O–H groups in total. The van der Waals surface area contributed by atoms with E-state index < -0.39 is 16.6 Å². The number of carbonyl (C=O) groups is 1. The Balaban J connectivity index is 1.42. The summed E-state index contributed by atoms with van der Waals surface area (Å²) in [5, 5.41) is 11.4. The minimum absolute atomic E-state index is 0.00816. The predicted octanol–water partition coefficient (Wildman–Crippen LogP) is 5.96. The summed E-state index contributed by atoms with van der Waals surface area (Å²) >= 11 is 6.43. The summed E-state index contributed by atoms with van der Waals surface area (Å²) < 4.78 is 28.8. The van der Waals surface area contributed by atoms with Gasteiger partial charge < -0.3 is 19.5 Å². The van der Waals surface area contributed by atoms with Gasteiger partial charge in [-0.3, -0.25) is 9.52 Å². The third-order valence-electron chi connectivity index (χ3n) is 10.8. The van der Waals surface area contributed by atoms with E-state index in [0.717, 1.165) is 87.3 Å². The maximum Gasteiger partial charge on any atom is 0.263 e. The van der Waals surface area contributed by atoms with E-state index in [-0.39, 0.29) is 29.1 Å². The molecule has 234 valence electrons. The fourth-order valence-corrected chi connectivity index (χ4v) is 9.56. The van der Waals surface area contributed by atoms with E-state index in [0.29, 0.717) is 24.5 Å². The summed E-state index contributed by atoms with van der Waals surface area (Å²) in [6.07, 6.45) is 9.13. The minimum Gasteiger partial charge on any atom is -0.490 e. The third kappa shape index (κ3) is 5.85. The Morgan fingerprint density at radius 1 is 1.14 bits per heavy atom. The molecular weight excluding hydrogens is 584 g/mol. The summed E-state index contributed by atoms with van der Waals surface area (Å²) in [7, 11) is 0.248. The average molecular weight is 629 g/mol. The van der Waals surface area contributed by atoms with Crippen LogP contribution in [0.3, 0.4) is 0 Å². The van der Waals surface area contributed by atoms with Crippen LogP contribution in [0.15, 0.2) is 36.4 Å². The van der Waals surface area contributed by atoms with Crippen LogP contribution >= 0.6 is 11.6 Å². The van der Waals surface area contributed by atoms with Crippen LogP contribution in [0.1, 0.15) is 86.2 Å². The van der Waals surface area contributed by atoms with Gasteiger partial charge in [0.2, 0.25) is 0 Å². The number of nitrogens with one attached hydrogen (secondary N) is 1. The zero-order valence-corrected chi connectivity index (χ0v) is 27.0. The van der Waals surface area contributed by atoms with E-state index in [1.165, 1.54) is 11.1 Å². The number of aliphatic hydroxyl groups is 1. The quantitative estimate of drug-likeness (QED) is 0.436. The van der Waals surface area contributed by atoms with Gasteiger partial charge in [0.15, 0.2) is 0 Å². The summed E-state index contributed by atoms with van der Waals surface area (Å²) in [6, 6.07) is 11.9. The molecule has 2 heterocycles. The molecule has 0 aromatic heterocycles. The van der Waals surface area contributed by atoms with Crippen LogP contribution in [-0.2, 0) is 27.6 Å². The molecule has 9 heteroatoms. The molecular formula is C34H45ClN2O5S. The molecule has 2 aromatic carbocycles. The monoisotopic (exact) mass is 628 g/mol. The molecule has 1 fully saturated rings. The average Bonchev–Trinajstić information content (AvgIpc) is 3.14. The highest BCUT2D eigenvalue weighted by Gasteiger charge is 2.49.